The molecule has 0 bridgehead atoms. The van der Waals surface area contributed by atoms with E-state index in [-0.39, 0.29) is 11.9 Å². The number of hydrogen-bond donors (Lipinski definition) is 2. The van der Waals surface area contributed by atoms with E-state index in [0.29, 0.717) is 0 Å². The number of piperidine rings is 2. The molecule has 126 valence electrons. The molecule has 4 heterocycles. The molecule has 0 radical (unpaired) electrons. The highest BCUT2D eigenvalue weighted by atomic mass is 16.3. The first-order chi connectivity index (χ1) is 10.8. The summed E-state index contributed by atoms with van der Waals surface area (Å²) in [5, 5.41) is 19.7. The van der Waals surface area contributed by atoms with E-state index in [2.05, 4.69) is 25.1 Å². The van der Waals surface area contributed by atoms with Gasteiger partial charge in [0.15, 0.2) is 5.79 Å². The summed E-state index contributed by atoms with van der Waals surface area (Å²) in [5.41, 5.74) is 0. The normalized spacial score (nSPS) is 40.0. The predicted octanol–water partition coefficient (Wildman–Crippen LogP) is 0.0662. The third-order valence-corrected chi connectivity index (χ3v) is 6.00. The Kier molecular flexibility index (Phi) is 4.41. The van der Waals surface area contributed by atoms with Gasteiger partial charge in [-0.1, -0.05) is 6.42 Å². The Morgan fingerprint density at radius 2 is 1.64 bits per heavy atom. The van der Waals surface area contributed by atoms with Gasteiger partial charge in [0, 0.05) is 45.8 Å². The zero-order chi connectivity index (χ0) is 15.0. The average Bonchev–Trinajstić information content (AvgIpc) is 3.03. The topological polar surface area (TPSA) is 45.2 Å². The van der Waals surface area contributed by atoms with Crippen molar-refractivity contribution in [2.24, 2.45) is 0 Å². The van der Waals surface area contributed by atoms with Crippen molar-refractivity contribution in [2.75, 3.05) is 52.5 Å². The van der Waals surface area contributed by atoms with E-state index in [1.54, 1.807) is 0 Å². The quantitative estimate of drug-likeness (QED) is 0.769. The van der Waals surface area contributed by atoms with Crippen molar-refractivity contribution in [3.05, 3.63) is 0 Å². The molecule has 2 unspecified atom stereocenters. The van der Waals surface area contributed by atoms with Gasteiger partial charge >= 0.3 is 0 Å². The molecule has 0 amide bonds. The van der Waals surface area contributed by atoms with Crippen LogP contribution in [0, 0.1) is 0 Å². The first-order valence-electron chi connectivity index (χ1n) is 9.25. The van der Waals surface area contributed by atoms with Crippen LogP contribution in [-0.4, -0.2) is 89.3 Å². The third-order valence-electron chi connectivity index (χ3n) is 6.00. The van der Waals surface area contributed by atoms with Crippen LogP contribution >= 0.6 is 0 Å². The molecule has 0 aromatic heterocycles. The van der Waals surface area contributed by atoms with E-state index in [9.17, 15) is 5.11 Å². The number of aliphatic hydroxyl groups is 1. The number of nitrogens with zero attached hydrogens (tertiary/aromatic N) is 4. The number of nitrogens with one attached hydrogen (secondary N) is 1. The lowest BCUT2D eigenvalue weighted by atomic mass is 9.94. The van der Waals surface area contributed by atoms with Crippen LogP contribution in [0.25, 0.3) is 0 Å². The van der Waals surface area contributed by atoms with Gasteiger partial charge in [-0.25, -0.2) is 10.0 Å². The molecule has 6 nitrogen and oxygen atoms in total. The zero-order valence-electron chi connectivity index (χ0n) is 13.7. The summed E-state index contributed by atoms with van der Waals surface area (Å²) in [6.07, 6.45) is 6.97. The predicted molar refractivity (Wildman–Crippen MR) is 85.9 cm³/mol. The fourth-order valence-corrected chi connectivity index (χ4v) is 4.81. The molecule has 6 heteroatoms. The lowest BCUT2D eigenvalue weighted by molar-refractivity contribution is -0.312. The number of hydrogen-bond acceptors (Lipinski definition) is 6. The van der Waals surface area contributed by atoms with Crippen molar-refractivity contribution < 1.29 is 5.11 Å². The molecule has 0 spiro atoms. The van der Waals surface area contributed by atoms with Crippen LogP contribution in [0.1, 0.15) is 38.5 Å². The van der Waals surface area contributed by atoms with E-state index in [1.807, 2.05) is 0 Å². The highest BCUT2D eigenvalue weighted by Gasteiger charge is 2.57. The highest BCUT2D eigenvalue weighted by molar-refractivity contribution is 5.02. The Hall–Kier alpha value is -0.240. The molecular formula is C16H31N5O. The van der Waals surface area contributed by atoms with Crippen LogP contribution < -0.4 is 5.32 Å². The van der Waals surface area contributed by atoms with Gasteiger partial charge in [-0.15, -0.1) is 0 Å². The Bertz CT molecular complexity index is 375. The molecular weight excluding hydrogens is 278 g/mol. The van der Waals surface area contributed by atoms with E-state index in [0.717, 1.165) is 65.3 Å². The van der Waals surface area contributed by atoms with Crippen LogP contribution in [0.4, 0.5) is 0 Å². The van der Waals surface area contributed by atoms with E-state index >= 15 is 0 Å². The first kappa shape index (κ1) is 15.3. The Morgan fingerprint density at radius 1 is 0.818 bits per heavy atom. The maximum atomic E-state index is 11.1. The fraction of sp³-hybridized carbons (Fsp3) is 1.00. The van der Waals surface area contributed by atoms with Gasteiger partial charge < -0.3 is 10.4 Å². The largest absolute Gasteiger partial charge is 0.388 e. The molecule has 0 saturated carbocycles. The summed E-state index contributed by atoms with van der Waals surface area (Å²) >= 11 is 0. The molecule has 2 N–H and O–H groups in total. The van der Waals surface area contributed by atoms with Crippen LogP contribution in [0.15, 0.2) is 0 Å². The van der Waals surface area contributed by atoms with Crippen LogP contribution in [0.2, 0.25) is 0 Å². The SMILES string of the molecule is OC1CCCN(N2CCCCC2)C1(N1CCC1)N1CCNC1. The minimum Gasteiger partial charge on any atom is -0.388 e. The monoisotopic (exact) mass is 309 g/mol. The lowest BCUT2D eigenvalue weighted by Gasteiger charge is -2.64. The second kappa shape index (κ2) is 6.34. The van der Waals surface area contributed by atoms with Gasteiger partial charge in [-0.2, -0.15) is 0 Å². The summed E-state index contributed by atoms with van der Waals surface area (Å²) in [6.45, 7) is 8.62. The third kappa shape index (κ3) is 2.32. The van der Waals surface area contributed by atoms with Crippen molar-refractivity contribution in [3.8, 4) is 0 Å². The average molecular weight is 309 g/mol. The zero-order valence-corrected chi connectivity index (χ0v) is 13.7. The van der Waals surface area contributed by atoms with E-state index < -0.39 is 0 Å². The molecule has 4 aliphatic heterocycles. The van der Waals surface area contributed by atoms with Crippen molar-refractivity contribution in [2.45, 2.75) is 50.4 Å². The Morgan fingerprint density at radius 3 is 2.27 bits per heavy atom. The fourth-order valence-electron chi connectivity index (χ4n) is 4.81. The number of hydrazine groups is 1. The molecule has 0 aromatic rings. The van der Waals surface area contributed by atoms with Crippen molar-refractivity contribution in [3.63, 3.8) is 0 Å². The molecule has 4 saturated heterocycles. The summed E-state index contributed by atoms with van der Waals surface area (Å²) < 4.78 is 0. The van der Waals surface area contributed by atoms with E-state index in [4.69, 9.17) is 0 Å². The van der Waals surface area contributed by atoms with Crippen molar-refractivity contribution in [1.82, 2.24) is 25.1 Å². The summed E-state index contributed by atoms with van der Waals surface area (Å²) in [6, 6.07) is 0. The molecule has 0 aliphatic carbocycles. The maximum absolute atomic E-state index is 11.1. The standard InChI is InChI=1S/C16H31N5O/c22-15-6-4-12-21(20-10-2-1-3-11-20)16(15,18-8-5-9-18)19-13-7-17-14-19/h15,17,22H,1-14H2. The number of likely N-dealkylation sites (tertiary alicyclic amines) is 1. The van der Waals surface area contributed by atoms with Gasteiger partial charge in [0.25, 0.3) is 0 Å². The second-order valence-corrected chi connectivity index (χ2v) is 7.24. The van der Waals surface area contributed by atoms with Gasteiger partial charge in [-0.3, -0.25) is 9.80 Å². The van der Waals surface area contributed by atoms with E-state index in [1.165, 1.54) is 25.7 Å². The molecule has 0 aromatic carbocycles. The van der Waals surface area contributed by atoms with Crippen molar-refractivity contribution >= 4 is 0 Å². The number of aliphatic hydroxyl groups excluding tert-OH is 1. The van der Waals surface area contributed by atoms with Crippen LogP contribution in [0.5, 0.6) is 0 Å². The first-order valence-corrected chi connectivity index (χ1v) is 9.25. The minimum absolute atomic E-state index is 0.275. The second-order valence-electron chi connectivity index (χ2n) is 7.24. The maximum Gasteiger partial charge on any atom is 0.171 e. The smallest absolute Gasteiger partial charge is 0.171 e. The van der Waals surface area contributed by atoms with Gasteiger partial charge in [0.05, 0.1) is 6.67 Å². The van der Waals surface area contributed by atoms with Gasteiger partial charge in [0.1, 0.15) is 6.10 Å². The molecule has 2 atom stereocenters. The van der Waals surface area contributed by atoms with Gasteiger partial charge in [0.2, 0.25) is 0 Å². The molecule has 4 fully saturated rings. The van der Waals surface area contributed by atoms with Crippen LogP contribution in [0.3, 0.4) is 0 Å². The lowest BCUT2D eigenvalue weighted by Crippen LogP contribution is -2.81. The van der Waals surface area contributed by atoms with Crippen molar-refractivity contribution in [1.29, 1.82) is 0 Å². The molecule has 4 rings (SSSR count). The molecule has 22 heavy (non-hydrogen) atoms. The number of rotatable bonds is 3. The van der Waals surface area contributed by atoms with Crippen LogP contribution in [-0.2, 0) is 0 Å². The summed E-state index contributed by atoms with van der Waals surface area (Å²) in [4.78, 5) is 5.04. The summed E-state index contributed by atoms with van der Waals surface area (Å²) in [5.74, 6) is -0.294. The summed E-state index contributed by atoms with van der Waals surface area (Å²) in [7, 11) is 0. The molecule has 4 aliphatic rings. The Labute approximate surface area is 134 Å². The minimum atomic E-state index is -0.294. The Balaban J connectivity index is 1.68. The van der Waals surface area contributed by atoms with Gasteiger partial charge in [-0.05, 0) is 32.1 Å². The highest BCUT2D eigenvalue weighted by Crippen LogP contribution is 2.40.